The smallest absolute Gasteiger partial charge is 0.389 e. The third kappa shape index (κ3) is 7.13. The quantitative estimate of drug-likeness (QED) is 0.813. The van der Waals surface area contributed by atoms with Crippen LogP contribution in [0.25, 0.3) is 0 Å². The van der Waals surface area contributed by atoms with Crippen LogP contribution in [-0.4, -0.2) is 29.8 Å². The van der Waals surface area contributed by atoms with Gasteiger partial charge in [0, 0.05) is 18.5 Å². The molecule has 0 saturated heterocycles. The van der Waals surface area contributed by atoms with Crippen molar-refractivity contribution in [2.45, 2.75) is 44.9 Å². The maximum Gasteiger partial charge on any atom is 0.389 e. The fourth-order valence-electron chi connectivity index (χ4n) is 1.77. The average molecular weight is 303 g/mol. The van der Waals surface area contributed by atoms with Gasteiger partial charge in [-0.2, -0.15) is 13.2 Å². The zero-order valence-corrected chi connectivity index (χ0v) is 11.9. The van der Waals surface area contributed by atoms with Crippen molar-refractivity contribution in [2.24, 2.45) is 0 Å². The summed E-state index contributed by atoms with van der Waals surface area (Å²) in [5.74, 6) is -0.291. The topological polar surface area (TPSA) is 49.3 Å². The first-order valence-corrected chi connectivity index (χ1v) is 6.93. The van der Waals surface area contributed by atoms with Crippen LogP contribution < -0.4 is 5.32 Å². The molecule has 118 valence electrons. The van der Waals surface area contributed by atoms with E-state index in [-0.39, 0.29) is 12.3 Å². The molecule has 0 heterocycles. The summed E-state index contributed by atoms with van der Waals surface area (Å²) < 4.78 is 36.3. The number of benzene rings is 1. The highest BCUT2D eigenvalue weighted by atomic mass is 19.4. The number of carbonyl (C=O) groups is 1. The Morgan fingerprint density at radius 3 is 2.43 bits per heavy atom. The van der Waals surface area contributed by atoms with Crippen LogP contribution in [0.4, 0.5) is 13.2 Å². The van der Waals surface area contributed by atoms with Crippen LogP contribution >= 0.6 is 0 Å². The lowest BCUT2D eigenvalue weighted by Crippen LogP contribution is -2.26. The zero-order chi connectivity index (χ0) is 15.9. The monoisotopic (exact) mass is 303 g/mol. The number of amides is 1. The van der Waals surface area contributed by atoms with Crippen LogP contribution in [0, 0.1) is 0 Å². The van der Waals surface area contributed by atoms with Crippen molar-refractivity contribution in [2.75, 3.05) is 6.54 Å². The van der Waals surface area contributed by atoms with E-state index in [2.05, 4.69) is 5.32 Å². The summed E-state index contributed by atoms with van der Waals surface area (Å²) in [6.45, 7) is 2.22. The predicted molar refractivity (Wildman–Crippen MR) is 74.1 cm³/mol. The average Bonchev–Trinajstić information content (AvgIpc) is 2.44. The van der Waals surface area contributed by atoms with Gasteiger partial charge >= 0.3 is 6.18 Å². The summed E-state index contributed by atoms with van der Waals surface area (Å²) in [7, 11) is 0. The summed E-state index contributed by atoms with van der Waals surface area (Å²) in [5.41, 5.74) is 0.946. The summed E-state index contributed by atoms with van der Waals surface area (Å²) >= 11 is 0. The Morgan fingerprint density at radius 1 is 1.29 bits per heavy atom. The molecule has 1 atom stereocenters. The molecule has 0 aliphatic heterocycles. The van der Waals surface area contributed by atoms with Crippen molar-refractivity contribution in [3.8, 4) is 0 Å². The molecule has 6 heteroatoms. The molecule has 1 unspecified atom stereocenters. The van der Waals surface area contributed by atoms with Crippen molar-refractivity contribution >= 4 is 5.91 Å². The lowest BCUT2D eigenvalue weighted by molar-refractivity contribution is -0.134. The second kappa shape index (κ2) is 8.02. The van der Waals surface area contributed by atoms with Gasteiger partial charge < -0.3 is 10.4 Å². The van der Waals surface area contributed by atoms with Gasteiger partial charge in [-0.25, -0.2) is 0 Å². The van der Waals surface area contributed by atoms with E-state index in [0.29, 0.717) is 30.5 Å². The van der Waals surface area contributed by atoms with Crippen molar-refractivity contribution in [1.29, 1.82) is 0 Å². The molecule has 0 spiro atoms. The molecule has 3 nitrogen and oxygen atoms in total. The molecule has 1 aromatic rings. The van der Waals surface area contributed by atoms with Gasteiger partial charge in [0.2, 0.25) is 0 Å². The van der Waals surface area contributed by atoms with Crippen molar-refractivity contribution < 1.29 is 23.1 Å². The van der Waals surface area contributed by atoms with Gasteiger partial charge in [0.15, 0.2) is 0 Å². The Hall–Kier alpha value is -1.56. The molecule has 0 aromatic heterocycles. The first-order valence-electron chi connectivity index (χ1n) is 6.93. The Labute approximate surface area is 122 Å². The Balaban J connectivity index is 2.44. The highest BCUT2D eigenvalue weighted by Gasteiger charge is 2.26. The number of alkyl halides is 3. The second-order valence-corrected chi connectivity index (χ2v) is 4.92. The van der Waals surface area contributed by atoms with Crippen LogP contribution in [0.1, 0.15) is 42.1 Å². The van der Waals surface area contributed by atoms with Gasteiger partial charge in [-0.05, 0) is 37.0 Å². The molecular weight excluding hydrogens is 283 g/mol. The number of hydrogen-bond acceptors (Lipinski definition) is 2. The lowest BCUT2D eigenvalue weighted by Gasteiger charge is -2.09. The van der Waals surface area contributed by atoms with E-state index in [9.17, 15) is 23.1 Å². The largest absolute Gasteiger partial charge is 0.393 e. The van der Waals surface area contributed by atoms with Gasteiger partial charge in [0.1, 0.15) is 0 Å². The molecule has 1 amide bonds. The maximum atomic E-state index is 12.1. The number of rotatable bonds is 7. The van der Waals surface area contributed by atoms with Gasteiger partial charge in [-0.3, -0.25) is 4.79 Å². The van der Waals surface area contributed by atoms with E-state index in [1.165, 1.54) is 24.3 Å². The van der Waals surface area contributed by atoms with Crippen molar-refractivity contribution in [3.05, 3.63) is 35.4 Å². The minimum atomic E-state index is -4.17. The standard InChI is InChI=1S/C15H20F3NO2/c1-2-13(20)8-10-19-14(21)12-5-3-11(4-6-12)7-9-15(16,17)18/h3-6,13,20H,2,7-10H2,1H3,(H,19,21). The Morgan fingerprint density at radius 2 is 1.90 bits per heavy atom. The van der Waals surface area contributed by atoms with Crippen LogP contribution in [0.3, 0.4) is 0 Å². The molecule has 0 aliphatic carbocycles. The summed E-state index contributed by atoms with van der Waals surface area (Å²) in [5, 5.41) is 12.0. The molecule has 0 saturated carbocycles. The van der Waals surface area contributed by atoms with Gasteiger partial charge in [-0.1, -0.05) is 19.1 Å². The fraction of sp³-hybridized carbons (Fsp3) is 0.533. The SMILES string of the molecule is CCC(O)CCNC(=O)c1ccc(CCC(F)(F)F)cc1. The first-order chi connectivity index (χ1) is 9.81. The molecule has 0 aliphatic rings. The third-order valence-corrected chi connectivity index (χ3v) is 3.15. The number of carbonyl (C=O) groups excluding carboxylic acids is 1. The molecule has 2 N–H and O–H groups in total. The Kier molecular flexibility index (Phi) is 6.68. The first kappa shape index (κ1) is 17.5. The van der Waals surface area contributed by atoms with E-state index in [0.717, 1.165) is 0 Å². The normalized spacial score (nSPS) is 13.0. The van der Waals surface area contributed by atoms with Gasteiger partial charge in [-0.15, -0.1) is 0 Å². The minimum absolute atomic E-state index is 0.0892. The van der Waals surface area contributed by atoms with E-state index in [1.807, 2.05) is 6.92 Å². The number of aliphatic hydroxyl groups is 1. The van der Waals surface area contributed by atoms with E-state index in [1.54, 1.807) is 0 Å². The number of hydrogen-bond donors (Lipinski definition) is 2. The number of nitrogens with one attached hydrogen (secondary N) is 1. The lowest BCUT2D eigenvalue weighted by atomic mass is 10.1. The zero-order valence-electron chi connectivity index (χ0n) is 11.9. The van der Waals surface area contributed by atoms with E-state index in [4.69, 9.17) is 0 Å². The van der Waals surface area contributed by atoms with Crippen LogP contribution in [0.2, 0.25) is 0 Å². The maximum absolute atomic E-state index is 12.1. The van der Waals surface area contributed by atoms with Gasteiger partial charge in [0.25, 0.3) is 5.91 Å². The molecule has 0 radical (unpaired) electrons. The number of halogens is 3. The second-order valence-electron chi connectivity index (χ2n) is 4.92. The molecule has 1 aromatic carbocycles. The molecular formula is C15H20F3NO2. The van der Waals surface area contributed by atoms with Crippen molar-refractivity contribution in [1.82, 2.24) is 5.32 Å². The summed E-state index contributed by atoms with van der Waals surface area (Å²) in [6, 6.07) is 6.08. The molecule has 1 rings (SSSR count). The highest BCUT2D eigenvalue weighted by Crippen LogP contribution is 2.22. The van der Waals surface area contributed by atoms with E-state index >= 15 is 0 Å². The summed E-state index contributed by atoms with van der Waals surface area (Å²) in [6.07, 6.45) is -4.46. The highest BCUT2D eigenvalue weighted by molar-refractivity contribution is 5.94. The van der Waals surface area contributed by atoms with Gasteiger partial charge in [0.05, 0.1) is 6.10 Å². The fourth-order valence-corrected chi connectivity index (χ4v) is 1.77. The third-order valence-electron chi connectivity index (χ3n) is 3.15. The van der Waals surface area contributed by atoms with Crippen LogP contribution in [0.15, 0.2) is 24.3 Å². The number of aliphatic hydroxyl groups excluding tert-OH is 1. The van der Waals surface area contributed by atoms with Crippen molar-refractivity contribution in [3.63, 3.8) is 0 Å². The van der Waals surface area contributed by atoms with Crippen LogP contribution in [0.5, 0.6) is 0 Å². The van der Waals surface area contributed by atoms with E-state index < -0.39 is 18.7 Å². The Bertz CT molecular complexity index is 443. The molecule has 0 fully saturated rings. The number of aryl methyl sites for hydroxylation is 1. The molecule has 21 heavy (non-hydrogen) atoms. The summed E-state index contributed by atoms with van der Waals surface area (Å²) in [4.78, 5) is 11.8. The van der Waals surface area contributed by atoms with Crippen LogP contribution in [-0.2, 0) is 6.42 Å². The molecule has 0 bridgehead atoms. The predicted octanol–water partition coefficient (Wildman–Crippen LogP) is 3.07. The minimum Gasteiger partial charge on any atom is -0.393 e.